The molecule has 1 saturated carbocycles. The summed E-state index contributed by atoms with van der Waals surface area (Å²) in [5.41, 5.74) is 0.606. The van der Waals surface area contributed by atoms with Crippen LogP contribution in [0.25, 0.3) is 0 Å². The molecule has 0 amide bonds. The summed E-state index contributed by atoms with van der Waals surface area (Å²) < 4.78 is 5.22. The van der Waals surface area contributed by atoms with Crippen molar-refractivity contribution in [3.63, 3.8) is 0 Å². The van der Waals surface area contributed by atoms with Crippen LogP contribution in [0.15, 0.2) is 12.4 Å². The van der Waals surface area contributed by atoms with Gasteiger partial charge in [0.1, 0.15) is 24.3 Å². The molecular weight excluding hydrogens is 242 g/mol. The number of nitrogens with zero attached hydrogens (tertiary/aromatic N) is 2. The Hall–Kier alpha value is -1.65. The van der Waals surface area contributed by atoms with E-state index in [0.29, 0.717) is 11.7 Å². The molecule has 19 heavy (non-hydrogen) atoms. The number of anilines is 1. The molecule has 0 aliphatic heterocycles. The average Bonchev–Trinajstić information content (AvgIpc) is 2.22. The van der Waals surface area contributed by atoms with Crippen molar-refractivity contribution in [1.29, 1.82) is 0 Å². The summed E-state index contributed by atoms with van der Waals surface area (Å²) >= 11 is 0. The number of esters is 1. The maximum Gasteiger partial charge on any atom is 0.325 e. The van der Waals surface area contributed by atoms with Gasteiger partial charge in [0.25, 0.3) is 0 Å². The van der Waals surface area contributed by atoms with Crippen LogP contribution >= 0.6 is 0 Å². The Morgan fingerprint density at radius 1 is 1.42 bits per heavy atom. The molecule has 1 heterocycles. The molecule has 5 heteroatoms. The summed E-state index contributed by atoms with van der Waals surface area (Å²) in [6.45, 7) is 5.68. The van der Waals surface area contributed by atoms with Crippen LogP contribution in [-0.2, 0) is 9.53 Å². The Bertz CT molecular complexity index is 450. The van der Waals surface area contributed by atoms with E-state index in [2.05, 4.69) is 15.3 Å². The minimum Gasteiger partial charge on any atom is -0.459 e. The fourth-order valence-electron chi connectivity index (χ4n) is 1.94. The number of ether oxygens (including phenoxy) is 1. The minimum absolute atomic E-state index is 0.123. The predicted octanol–water partition coefficient (Wildman–Crippen LogP) is 2.50. The minimum atomic E-state index is -0.457. The number of nitrogens with one attached hydrogen (secondary N) is 1. The van der Waals surface area contributed by atoms with Crippen molar-refractivity contribution in [2.24, 2.45) is 0 Å². The smallest absolute Gasteiger partial charge is 0.325 e. The highest BCUT2D eigenvalue weighted by atomic mass is 16.6. The van der Waals surface area contributed by atoms with Gasteiger partial charge in [-0.15, -0.1) is 0 Å². The van der Waals surface area contributed by atoms with Crippen molar-refractivity contribution in [2.75, 3.05) is 11.9 Å². The van der Waals surface area contributed by atoms with Gasteiger partial charge in [-0.2, -0.15) is 0 Å². The fraction of sp³-hybridized carbons (Fsp3) is 0.643. The number of hydrogen-bond donors (Lipinski definition) is 1. The summed E-state index contributed by atoms with van der Waals surface area (Å²) in [6.07, 6.45) is 5.21. The van der Waals surface area contributed by atoms with Crippen LogP contribution in [0.5, 0.6) is 0 Å². The molecule has 0 unspecified atom stereocenters. The Balaban J connectivity index is 1.87. The van der Waals surface area contributed by atoms with Crippen molar-refractivity contribution in [1.82, 2.24) is 9.97 Å². The van der Waals surface area contributed by atoms with Crippen LogP contribution in [-0.4, -0.2) is 28.1 Å². The maximum absolute atomic E-state index is 11.6. The molecule has 1 aromatic heterocycles. The average molecular weight is 263 g/mol. The number of hydrogen-bond acceptors (Lipinski definition) is 5. The van der Waals surface area contributed by atoms with Crippen molar-refractivity contribution in [2.45, 2.75) is 51.6 Å². The van der Waals surface area contributed by atoms with Gasteiger partial charge in [0, 0.05) is 17.7 Å². The third kappa shape index (κ3) is 4.19. The van der Waals surface area contributed by atoms with Crippen LogP contribution in [0.3, 0.4) is 0 Å². The van der Waals surface area contributed by atoms with E-state index >= 15 is 0 Å². The lowest BCUT2D eigenvalue weighted by atomic mass is 9.83. The molecule has 1 fully saturated rings. The number of carbonyl (C=O) groups is 1. The standard InChI is InChI=1S/C14H21N3O2/c1-14(2,3)19-13(18)8-15-12-7-11(16-9-17-12)10-5-4-6-10/h7,9-10H,4-6,8H2,1-3H3,(H,15,16,17). The van der Waals surface area contributed by atoms with Crippen molar-refractivity contribution in [3.8, 4) is 0 Å². The molecule has 104 valence electrons. The molecule has 1 N–H and O–H groups in total. The number of carbonyl (C=O) groups excluding carboxylic acids is 1. The van der Waals surface area contributed by atoms with Gasteiger partial charge in [0.05, 0.1) is 0 Å². The van der Waals surface area contributed by atoms with Crippen molar-refractivity contribution in [3.05, 3.63) is 18.1 Å². The first-order valence-electron chi connectivity index (χ1n) is 6.72. The van der Waals surface area contributed by atoms with Gasteiger partial charge in [-0.1, -0.05) is 6.42 Å². The topological polar surface area (TPSA) is 64.1 Å². The Labute approximate surface area is 113 Å². The van der Waals surface area contributed by atoms with E-state index in [4.69, 9.17) is 4.74 Å². The van der Waals surface area contributed by atoms with Gasteiger partial charge in [-0.25, -0.2) is 9.97 Å². The summed E-state index contributed by atoms with van der Waals surface area (Å²) in [7, 11) is 0. The molecular formula is C14H21N3O2. The van der Waals surface area contributed by atoms with Gasteiger partial charge >= 0.3 is 5.97 Å². The Kier molecular flexibility index (Phi) is 4.02. The van der Waals surface area contributed by atoms with E-state index in [1.807, 2.05) is 26.8 Å². The first-order chi connectivity index (χ1) is 8.94. The first-order valence-corrected chi connectivity index (χ1v) is 6.72. The summed E-state index contributed by atoms with van der Waals surface area (Å²) in [4.78, 5) is 20.0. The molecule has 5 nitrogen and oxygen atoms in total. The van der Waals surface area contributed by atoms with E-state index in [1.165, 1.54) is 19.3 Å². The van der Waals surface area contributed by atoms with E-state index in [9.17, 15) is 4.79 Å². The summed E-state index contributed by atoms with van der Waals surface area (Å²) in [5.74, 6) is 0.962. The zero-order chi connectivity index (χ0) is 13.9. The monoisotopic (exact) mass is 263 g/mol. The number of rotatable bonds is 4. The van der Waals surface area contributed by atoms with Gasteiger partial charge in [-0.3, -0.25) is 4.79 Å². The third-order valence-corrected chi connectivity index (χ3v) is 3.05. The van der Waals surface area contributed by atoms with Gasteiger partial charge in [-0.05, 0) is 33.6 Å². The highest BCUT2D eigenvalue weighted by Crippen LogP contribution is 2.35. The lowest BCUT2D eigenvalue weighted by Crippen LogP contribution is -2.28. The maximum atomic E-state index is 11.6. The van der Waals surface area contributed by atoms with Gasteiger partial charge in [0.2, 0.25) is 0 Å². The van der Waals surface area contributed by atoms with Gasteiger partial charge in [0.15, 0.2) is 0 Å². The lowest BCUT2D eigenvalue weighted by Gasteiger charge is -2.24. The normalized spacial score (nSPS) is 15.7. The van der Waals surface area contributed by atoms with Crippen LogP contribution in [0.4, 0.5) is 5.82 Å². The molecule has 0 bridgehead atoms. The Morgan fingerprint density at radius 2 is 2.16 bits per heavy atom. The molecule has 0 radical (unpaired) electrons. The van der Waals surface area contributed by atoms with Crippen LogP contribution in [0, 0.1) is 0 Å². The zero-order valence-electron chi connectivity index (χ0n) is 11.8. The molecule has 0 spiro atoms. The van der Waals surface area contributed by atoms with Gasteiger partial charge < -0.3 is 10.1 Å². The first kappa shape index (κ1) is 13.8. The van der Waals surface area contributed by atoms with Crippen molar-refractivity contribution >= 4 is 11.8 Å². The van der Waals surface area contributed by atoms with Crippen LogP contribution in [0.2, 0.25) is 0 Å². The second-order valence-corrected chi connectivity index (χ2v) is 5.90. The highest BCUT2D eigenvalue weighted by Gasteiger charge is 2.21. The predicted molar refractivity (Wildman–Crippen MR) is 73.0 cm³/mol. The lowest BCUT2D eigenvalue weighted by molar-refractivity contribution is -0.152. The SMILES string of the molecule is CC(C)(C)OC(=O)CNc1cc(C2CCC2)ncn1. The second-order valence-electron chi connectivity index (χ2n) is 5.90. The molecule has 1 aliphatic carbocycles. The molecule has 1 aliphatic rings. The summed E-state index contributed by atoms with van der Waals surface area (Å²) in [5, 5.41) is 2.98. The molecule has 2 rings (SSSR count). The Morgan fingerprint density at radius 3 is 2.74 bits per heavy atom. The third-order valence-electron chi connectivity index (χ3n) is 3.05. The highest BCUT2D eigenvalue weighted by molar-refractivity contribution is 5.74. The van der Waals surface area contributed by atoms with Crippen LogP contribution < -0.4 is 5.32 Å². The molecule has 0 aromatic carbocycles. The van der Waals surface area contributed by atoms with E-state index < -0.39 is 5.60 Å². The van der Waals surface area contributed by atoms with E-state index in [1.54, 1.807) is 6.33 Å². The molecule has 1 aromatic rings. The summed E-state index contributed by atoms with van der Waals surface area (Å²) in [6, 6.07) is 1.92. The largest absolute Gasteiger partial charge is 0.459 e. The van der Waals surface area contributed by atoms with Crippen molar-refractivity contribution < 1.29 is 9.53 Å². The molecule has 0 atom stereocenters. The number of aromatic nitrogens is 2. The van der Waals surface area contributed by atoms with Crippen LogP contribution in [0.1, 0.15) is 51.6 Å². The van der Waals surface area contributed by atoms with E-state index in [0.717, 1.165) is 5.69 Å². The zero-order valence-corrected chi connectivity index (χ0v) is 11.8. The fourth-order valence-corrected chi connectivity index (χ4v) is 1.94. The van der Waals surface area contributed by atoms with E-state index in [-0.39, 0.29) is 12.5 Å². The molecule has 0 saturated heterocycles. The second kappa shape index (κ2) is 5.55. The quantitative estimate of drug-likeness (QED) is 0.845.